The molecule has 0 radical (unpaired) electrons. The third-order valence-electron chi connectivity index (χ3n) is 5.03. The Morgan fingerprint density at radius 2 is 0.967 bits per heavy atom. The lowest BCUT2D eigenvalue weighted by Crippen LogP contribution is -2.06. The lowest BCUT2D eigenvalue weighted by molar-refractivity contribution is 1.34. The van der Waals surface area contributed by atoms with Crippen molar-refractivity contribution >= 4 is 38.4 Å². The molecule has 2 aromatic heterocycles. The van der Waals surface area contributed by atoms with E-state index in [2.05, 4.69) is 121 Å². The monoisotopic (exact) mass is 423 g/mol. The third kappa shape index (κ3) is 3.82. The Hall–Kier alpha value is -3.14. The molecule has 5 rings (SSSR count). The molecule has 0 atom stereocenters. The van der Waals surface area contributed by atoms with Crippen molar-refractivity contribution in [3.8, 4) is 20.9 Å². The fourth-order valence-electron chi connectivity index (χ4n) is 3.47. The number of hydrogen-bond donors (Lipinski definition) is 0. The maximum absolute atomic E-state index is 2.37. The summed E-state index contributed by atoms with van der Waals surface area (Å²) in [7, 11) is 0. The first kappa shape index (κ1) is 18.9. The summed E-state index contributed by atoms with van der Waals surface area (Å²) in [6, 6.07) is 38.9. The summed E-state index contributed by atoms with van der Waals surface area (Å²) >= 11 is 3.65. The van der Waals surface area contributed by atoms with Gasteiger partial charge in [0.1, 0.15) is 10.0 Å². The molecule has 0 saturated heterocycles. The molecule has 0 spiro atoms. The lowest BCUT2D eigenvalue weighted by Gasteiger charge is -2.21. The van der Waals surface area contributed by atoms with Gasteiger partial charge in [-0.3, -0.25) is 4.90 Å². The summed E-state index contributed by atoms with van der Waals surface area (Å²) in [4.78, 5) is 4.93. The Morgan fingerprint density at radius 1 is 0.500 bits per heavy atom. The highest BCUT2D eigenvalue weighted by atomic mass is 32.1. The van der Waals surface area contributed by atoms with Crippen LogP contribution in [0.1, 0.15) is 5.56 Å². The van der Waals surface area contributed by atoms with Gasteiger partial charge >= 0.3 is 0 Å². The molecule has 30 heavy (non-hydrogen) atoms. The number of benzene rings is 3. The summed E-state index contributed by atoms with van der Waals surface area (Å²) in [5, 5.41) is 2.44. The van der Waals surface area contributed by atoms with Gasteiger partial charge in [-0.15, -0.1) is 22.7 Å². The van der Waals surface area contributed by atoms with Crippen LogP contribution in [0.15, 0.2) is 109 Å². The van der Waals surface area contributed by atoms with Crippen molar-refractivity contribution < 1.29 is 0 Å². The van der Waals surface area contributed by atoms with Crippen molar-refractivity contribution in [1.29, 1.82) is 0 Å². The van der Waals surface area contributed by atoms with Crippen LogP contribution >= 0.6 is 22.7 Å². The van der Waals surface area contributed by atoms with Gasteiger partial charge in [-0.05, 0) is 54.4 Å². The first-order valence-electron chi connectivity index (χ1n) is 9.95. The number of rotatable bonds is 5. The van der Waals surface area contributed by atoms with E-state index in [1.54, 1.807) is 0 Å². The van der Waals surface area contributed by atoms with E-state index >= 15 is 0 Å². The topological polar surface area (TPSA) is 3.24 Å². The highest BCUT2D eigenvalue weighted by molar-refractivity contribution is 7.21. The summed E-state index contributed by atoms with van der Waals surface area (Å²) < 4.78 is 0. The zero-order chi connectivity index (χ0) is 20.3. The minimum absolute atomic E-state index is 1.18. The van der Waals surface area contributed by atoms with E-state index in [9.17, 15) is 0 Å². The van der Waals surface area contributed by atoms with Crippen molar-refractivity contribution in [2.24, 2.45) is 0 Å². The molecule has 0 unspecified atom stereocenters. The van der Waals surface area contributed by atoms with Crippen LogP contribution in [0.2, 0.25) is 0 Å². The molecule has 0 amide bonds. The fraction of sp³-hybridized carbons (Fsp3) is 0.0370. The predicted octanol–water partition coefficient (Wildman–Crippen LogP) is 8.92. The van der Waals surface area contributed by atoms with E-state index in [4.69, 9.17) is 0 Å². The van der Waals surface area contributed by atoms with Crippen molar-refractivity contribution in [2.75, 3.05) is 4.90 Å². The number of thiophene rings is 2. The normalized spacial score (nSPS) is 10.8. The maximum atomic E-state index is 2.37. The van der Waals surface area contributed by atoms with E-state index in [0.29, 0.717) is 0 Å². The molecule has 0 aliphatic rings. The fourth-order valence-corrected chi connectivity index (χ4v) is 5.62. The first-order chi connectivity index (χ1) is 14.8. The van der Waals surface area contributed by atoms with Crippen LogP contribution in [-0.4, -0.2) is 0 Å². The molecule has 5 aromatic rings. The molecule has 0 aliphatic heterocycles. The van der Waals surface area contributed by atoms with Crippen LogP contribution < -0.4 is 4.90 Å². The van der Waals surface area contributed by atoms with Crippen molar-refractivity contribution in [3.63, 3.8) is 0 Å². The summed E-state index contributed by atoms with van der Waals surface area (Å²) in [5.74, 6) is 0. The van der Waals surface area contributed by atoms with E-state index in [1.807, 2.05) is 22.7 Å². The standard InChI is InChI=1S/C27H21NS2/c1-20-12-14-23(15-13-20)28(26-18-16-24(29-26)21-8-4-2-5-9-21)27-19-17-25(30-27)22-10-6-3-7-11-22/h2-19H,1H3. The van der Waals surface area contributed by atoms with E-state index in [1.165, 1.54) is 42.1 Å². The Morgan fingerprint density at radius 3 is 1.43 bits per heavy atom. The smallest absolute Gasteiger partial charge is 0.101 e. The summed E-state index contributed by atoms with van der Waals surface area (Å²) in [6.45, 7) is 2.13. The van der Waals surface area contributed by atoms with Gasteiger partial charge in [-0.25, -0.2) is 0 Å². The Bertz CT molecular complexity index is 1160. The summed E-state index contributed by atoms with van der Waals surface area (Å²) in [6.07, 6.45) is 0. The number of anilines is 3. The molecule has 3 aromatic carbocycles. The Balaban J connectivity index is 1.58. The highest BCUT2D eigenvalue weighted by Gasteiger charge is 2.17. The summed E-state index contributed by atoms with van der Waals surface area (Å²) in [5.41, 5.74) is 4.97. The van der Waals surface area contributed by atoms with Crippen molar-refractivity contribution in [2.45, 2.75) is 6.92 Å². The average molecular weight is 424 g/mol. The van der Waals surface area contributed by atoms with Crippen LogP contribution in [0.25, 0.3) is 20.9 Å². The van der Waals surface area contributed by atoms with Gasteiger partial charge in [0.15, 0.2) is 0 Å². The SMILES string of the molecule is Cc1ccc(N(c2ccc(-c3ccccc3)s2)c2ccc(-c3ccccc3)s2)cc1. The second-order valence-corrected chi connectivity index (χ2v) is 9.30. The lowest BCUT2D eigenvalue weighted by atomic mass is 10.2. The molecular weight excluding hydrogens is 402 g/mol. The molecule has 3 heteroatoms. The molecule has 146 valence electrons. The number of nitrogens with zero attached hydrogens (tertiary/aromatic N) is 1. The average Bonchev–Trinajstić information content (AvgIpc) is 3.47. The second kappa shape index (κ2) is 8.31. The van der Waals surface area contributed by atoms with Gasteiger partial charge in [-0.1, -0.05) is 78.4 Å². The predicted molar refractivity (Wildman–Crippen MR) is 132 cm³/mol. The molecular formula is C27H21NS2. The minimum atomic E-state index is 1.18. The van der Waals surface area contributed by atoms with Gasteiger partial charge < -0.3 is 0 Å². The van der Waals surface area contributed by atoms with E-state index in [-0.39, 0.29) is 0 Å². The Labute approximate surface area is 185 Å². The van der Waals surface area contributed by atoms with E-state index in [0.717, 1.165) is 0 Å². The van der Waals surface area contributed by atoms with Crippen LogP contribution in [0.5, 0.6) is 0 Å². The van der Waals surface area contributed by atoms with Crippen LogP contribution in [0.3, 0.4) is 0 Å². The van der Waals surface area contributed by atoms with Crippen LogP contribution in [0.4, 0.5) is 15.7 Å². The largest absolute Gasteiger partial charge is 0.293 e. The molecule has 0 saturated carbocycles. The van der Waals surface area contributed by atoms with Crippen LogP contribution in [-0.2, 0) is 0 Å². The number of hydrogen-bond acceptors (Lipinski definition) is 3. The van der Waals surface area contributed by atoms with E-state index < -0.39 is 0 Å². The molecule has 1 nitrogen and oxygen atoms in total. The van der Waals surface area contributed by atoms with Crippen molar-refractivity contribution in [1.82, 2.24) is 0 Å². The van der Waals surface area contributed by atoms with Crippen molar-refractivity contribution in [3.05, 3.63) is 115 Å². The highest BCUT2D eigenvalue weighted by Crippen LogP contribution is 2.45. The quantitative estimate of drug-likeness (QED) is 0.273. The molecule has 0 N–H and O–H groups in total. The van der Waals surface area contributed by atoms with Gasteiger partial charge in [-0.2, -0.15) is 0 Å². The van der Waals surface area contributed by atoms with Gasteiger partial charge in [0, 0.05) is 15.4 Å². The third-order valence-corrected chi connectivity index (χ3v) is 7.27. The van der Waals surface area contributed by atoms with Gasteiger partial charge in [0.05, 0.1) is 0 Å². The molecule has 2 heterocycles. The molecule has 0 fully saturated rings. The number of aryl methyl sites for hydroxylation is 1. The zero-order valence-electron chi connectivity index (χ0n) is 16.7. The maximum Gasteiger partial charge on any atom is 0.101 e. The minimum Gasteiger partial charge on any atom is -0.293 e. The first-order valence-corrected chi connectivity index (χ1v) is 11.6. The zero-order valence-corrected chi connectivity index (χ0v) is 18.3. The van der Waals surface area contributed by atoms with Gasteiger partial charge in [0.25, 0.3) is 0 Å². The molecule has 0 aliphatic carbocycles. The molecule has 0 bridgehead atoms. The second-order valence-electron chi connectivity index (χ2n) is 7.18. The van der Waals surface area contributed by atoms with Gasteiger partial charge in [0.2, 0.25) is 0 Å². The Kier molecular flexibility index (Phi) is 5.22. The van der Waals surface area contributed by atoms with Crippen LogP contribution in [0, 0.1) is 6.92 Å².